The molecule has 0 amide bonds. The van der Waals surface area contributed by atoms with Crippen molar-refractivity contribution in [2.45, 2.75) is 39.8 Å². The van der Waals surface area contributed by atoms with Gasteiger partial charge in [-0.15, -0.1) is 0 Å². The highest BCUT2D eigenvalue weighted by Gasteiger charge is 2.34. The van der Waals surface area contributed by atoms with E-state index in [1.807, 2.05) is 17.9 Å². The fraction of sp³-hybridized carbons (Fsp3) is 0.562. The van der Waals surface area contributed by atoms with E-state index in [4.69, 9.17) is 0 Å². The Hall–Kier alpha value is -2.05. The second kappa shape index (κ2) is 6.60. The third-order valence-corrected chi connectivity index (χ3v) is 4.29. The zero-order chi connectivity index (χ0) is 16.4. The van der Waals surface area contributed by atoms with Gasteiger partial charge in [-0.1, -0.05) is 13.8 Å². The summed E-state index contributed by atoms with van der Waals surface area (Å²) in [5, 5.41) is 3.93. The summed E-state index contributed by atoms with van der Waals surface area (Å²) in [7, 11) is 0. The molecule has 2 atom stereocenters. The molecule has 0 aliphatic heterocycles. The van der Waals surface area contributed by atoms with Gasteiger partial charge in [0.05, 0.1) is 12.2 Å². The lowest BCUT2D eigenvalue weighted by Gasteiger charge is -2.22. The van der Waals surface area contributed by atoms with E-state index < -0.39 is 6.55 Å². The second-order valence-corrected chi connectivity index (χ2v) is 6.12. The van der Waals surface area contributed by atoms with Crippen LogP contribution in [0.5, 0.6) is 0 Å². The topological polar surface area (TPSA) is 46.8 Å². The first-order valence-electron chi connectivity index (χ1n) is 7.96. The third-order valence-electron chi connectivity index (χ3n) is 4.29. The average molecular weight is 321 g/mol. The molecule has 0 unspecified atom stereocenters. The van der Waals surface area contributed by atoms with Gasteiger partial charge in [-0.25, -0.2) is 14.6 Å². The van der Waals surface area contributed by atoms with Gasteiger partial charge >= 0.3 is 6.55 Å². The van der Waals surface area contributed by atoms with Gasteiger partial charge < -0.3 is 4.90 Å². The maximum absolute atomic E-state index is 12.7. The van der Waals surface area contributed by atoms with Crippen LogP contribution >= 0.6 is 0 Å². The number of nitrogens with zero attached hydrogens (tertiary/aromatic N) is 5. The van der Waals surface area contributed by atoms with E-state index in [-0.39, 0.29) is 0 Å². The predicted molar refractivity (Wildman–Crippen MR) is 83.2 cm³/mol. The number of hydrogen-bond donors (Lipinski definition) is 0. The Kier molecular flexibility index (Phi) is 4.54. The van der Waals surface area contributed by atoms with Crippen molar-refractivity contribution in [1.29, 1.82) is 0 Å². The van der Waals surface area contributed by atoms with Crippen molar-refractivity contribution in [1.82, 2.24) is 19.7 Å². The van der Waals surface area contributed by atoms with E-state index in [1.54, 1.807) is 12.3 Å². The summed E-state index contributed by atoms with van der Waals surface area (Å²) in [5.74, 6) is 1.96. The molecule has 0 aromatic carbocycles. The molecule has 0 saturated heterocycles. The Morgan fingerprint density at radius 2 is 2.13 bits per heavy atom. The van der Waals surface area contributed by atoms with Crippen molar-refractivity contribution in [3.63, 3.8) is 0 Å². The summed E-state index contributed by atoms with van der Waals surface area (Å²) in [6, 6.07) is 3.52. The molecular weight excluding hydrogens is 300 g/mol. The smallest absolute Gasteiger partial charge is 0.333 e. The Morgan fingerprint density at radius 3 is 2.74 bits per heavy atom. The molecule has 124 valence electrons. The molecular formula is C16H21F2N5. The van der Waals surface area contributed by atoms with Crippen LogP contribution in [-0.2, 0) is 13.0 Å². The van der Waals surface area contributed by atoms with Gasteiger partial charge in [-0.2, -0.15) is 13.9 Å². The van der Waals surface area contributed by atoms with E-state index in [0.29, 0.717) is 34.7 Å². The number of aromatic nitrogens is 4. The molecule has 5 nitrogen and oxygen atoms in total. The van der Waals surface area contributed by atoms with E-state index in [2.05, 4.69) is 22.0 Å². The number of halogens is 2. The van der Waals surface area contributed by atoms with Gasteiger partial charge in [0.1, 0.15) is 0 Å². The first-order chi connectivity index (χ1) is 11.1. The van der Waals surface area contributed by atoms with Crippen LogP contribution in [0.3, 0.4) is 0 Å². The molecule has 0 radical (unpaired) electrons. The molecule has 7 heteroatoms. The SMILES string of the molecule is CCc1ccnc(N(Cc2ccn(C(F)F)n2)C[C@@H]2C[C@H]2C)n1. The van der Waals surface area contributed by atoms with Crippen molar-refractivity contribution >= 4 is 5.95 Å². The lowest BCUT2D eigenvalue weighted by molar-refractivity contribution is 0.0562. The molecule has 1 aliphatic rings. The van der Waals surface area contributed by atoms with Gasteiger partial charge in [-0.3, -0.25) is 0 Å². The maximum Gasteiger partial charge on any atom is 0.333 e. The quantitative estimate of drug-likeness (QED) is 0.785. The fourth-order valence-electron chi connectivity index (χ4n) is 2.65. The summed E-state index contributed by atoms with van der Waals surface area (Å²) < 4.78 is 26.0. The summed E-state index contributed by atoms with van der Waals surface area (Å²) >= 11 is 0. The summed E-state index contributed by atoms with van der Waals surface area (Å²) in [4.78, 5) is 11.0. The highest BCUT2D eigenvalue weighted by molar-refractivity contribution is 5.32. The first kappa shape index (κ1) is 15.8. The number of rotatable bonds is 7. The molecule has 1 aliphatic carbocycles. The van der Waals surface area contributed by atoms with Crippen molar-refractivity contribution in [3.05, 3.63) is 35.9 Å². The number of aryl methyl sites for hydroxylation is 1. The van der Waals surface area contributed by atoms with Crippen LogP contribution in [0.15, 0.2) is 24.5 Å². The molecule has 0 N–H and O–H groups in total. The maximum atomic E-state index is 12.7. The zero-order valence-electron chi connectivity index (χ0n) is 13.4. The normalized spacial score (nSPS) is 20.0. The Morgan fingerprint density at radius 1 is 1.35 bits per heavy atom. The standard InChI is InChI=1S/C16H21F2N5/c1-3-13-4-6-19-16(20-13)22(9-12-8-11(12)2)10-14-5-7-23(21-14)15(17)18/h4-7,11-12,15H,3,8-10H2,1-2H3/t11-,12+/m1/s1. The summed E-state index contributed by atoms with van der Waals surface area (Å²) in [5.41, 5.74) is 1.58. The Balaban J connectivity index is 1.79. The highest BCUT2D eigenvalue weighted by atomic mass is 19.3. The van der Waals surface area contributed by atoms with Crippen molar-refractivity contribution in [2.24, 2.45) is 11.8 Å². The van der Waals surface area contributed by atoms with Crippen LogP contribution in [-0.4, -0.2) is 26.3 Å². The molecule has 0 spiro atoms. The molecule has 3 rings (SSSR count). The van der Waals surface area contributed by atoms with Crippen LogP contribution in [0, 0.1) is 11.8 Å². The lowest BCUT2D eigenvalue weighted by Crippen LogP contribution is -2.28. The summed E-state index contributed by atoms with van der Waals surface area (Å²) in [6.07, 6.45) is 5.09. The number of anilines is 1. The van der Waals surface area contributed by atoms with Crippen LogP contribution in [0.1, 0.15) is 38.2 Å². The predicted octanol–water partition coefficient (Wildman–Crippen LogP) is 3.29. The second-order valence-electron chi connectivity index (χ2n) is 6.12. The molecule has 2 aromatic heterocycles. The minimum Gasteiger partial charge on any atom is -0.335 e. The summed E-state index contributed by atoms with van der Waals surface area (Å²) in [6.45, 7) is 2.92. The van der Waals surface area contributed by atoms with E-state index >= 15 is 0 Å². The molecule has 0 bridgehead atoms. The lowest BCUT2D eigenvalue weighted by atomic mass is 10.3. The monoisotopic (exact) mass is 321 g/mol. The Bertz CT molecular complexity index is 657. The largest absolute Gasteiger partial charge is 0.335 e. The van der Waals surface area contributed by atoms with Crippen molar-refractivity contribution in [3.8, 4) is 0 Å². The third kappa shape index (κ3) is 3.83. The molecule has 23 heavy (non-hydrogen) atoms. The number of alkyl halides is 2. The van der Waals surface area contributed by atoms with Gasteiger partial charge in [0.2, 0.25) is 5.95 Å². The highest BCUT2D eigenvalue weighted by Crippen LogP contribution is 2.38. The van der Waals surface area contributed by atoms with E-state index in [0.717, 1.165) is 18.7 Å². The van der Waals surface area contributed by atoms with Crippen LogP contribution in [0.4, 0.5) is 14.7 Å². The minimum absolute atomic E-state index is 0.441. The minimum atomic E-state index is -2.61. The van der Waals surface area contributed by atoms with Gasteiger partial charge in [0.25, 0.3) is 0 Å². The Labute approximate surface area is 134 Å². The molecule has 2 aromatic rings. The molecule has 2 heterocycles. The van der Waals surface area contributed by atoms with E-state index in [1.165, 1.54) is 12.6 Å². The zero-order valence-corrected chi connectivity index (χ0v) is 13.4. The van der Waals surface area contributed by atoms with Gasteiger partial charge in [0.15, 0.2) is 0 Å². The van der Waals surface area contributed by atoms with Gasteiger partial charge in [-0.05, 0) is 36.8 Å². The van der Waals surface area contributed by atoms with Crippen LogP contribution in [0.25, 0.3) is 0 Å². The van der Waals surface area contributed by atoms with Crippen molar-refractivity contribution in [2.75, 3.05) is 11.4 Å². The number of hydrogen-bond acceptors (Lipinski definition) is 4. The van der Waals surface area contributed by atoms with Crippen LogP contribution < -0.4 is 4.90 Å². The van der Waals surface area contributed by atoms with E-state index in [9.17, 15) is 8.78 Å². The van der Waals surface area contributed by atoms with Gasteiger partial charge in [0, 0.05) is 24.6 Å². The molecule has 1 fully saturated rings. The van der Waals surface area contributed by atoms with Crippen molar-refractivity contribution < 1.29 is 8.78 Å². The fourth-order valence-corrected chi connectivity index (χ4v) is 2.65. The average Bonchev–Trinajstić information content (AvgIpc) is 3.04. The molecule has 1 saturated carbocycles. The van der Waals surface area contributed by atoms with Crippen LogP contribution in [0.2, 0.25) is 0 Å². The first-order valence-corrected chi connectivity index (χ1v) is 7.96.